The predicted octanol–water partition coefficient (Wildman–Crippen LogP) is 3.13. The van der Waals surface area contributed by atoms with Gasteiger partial charge in [-0.3, -0.25) is 0 Å². The van der Waals surface area contributed by atoms with Gasteiger partial charge in [-0.2, -0.15) is 0 Å². The zero-order chi connectivity index (χ0) is 10.6. The summed E-state index contributed by atoms with van der Waals surface area (Å²) >= 11 is 16.6. The molecule has 2 radical (unpaired) electrons. The van der Waals surface area contributed by atoms with Crippen LogP contribution in [0.5, 0.6) is 0 Å². The molecule has 0 fully saturated rings. The average molecular weight is 428 g/mol. The summed E-state index contributed by atoms with van der Waals surface area (Å²) in [5, 5.41) is 1.07. The quantitative estimate of drug-likeness (QED) is 0.360. The average Bonchev–Trinajstić information content (AvgIpc) is 2.36. The van der Waals surface area contributed by atoms with E-state index in [1.165, 1.54) is 0 Å². The molecule has 0 amide bonds. The first-order chi connectivity index (χ1) is 6.04. The zero-order valence-electron chi connectivity index (χ0n) is 7.41. The molecule has 2 nitrogen and oxygen atoms in total. The topological polar surface area (TPSA) is 6.48 Å². The van der Waals surface area contributed by atoms with Crippen LogP contribution in [0.15, 0.2) is 10.3 Å². The maximum atomic E-state index is 5.89. The van der Waals surface area contributed by atoms with Crippen molar-refractivity contribution in [2.45, 2.75) is 19.9 Å². The van der Waals surface area contributed by atoms with Crippen LogP contribution in [-0.4, -0.2) is 22.9 Å². The second-order valence-electron chi connectivity index (χ2n) is 2.70. The van der Waals surface area contributed by atoms with Gasteiger partial charge in [-0.1, -0.05) is 23.2 Å². The molecule has 1 aliphatic rings. The van der Waals surface area contributed by atoms with E-state index in [9.17, 15) is 0 Å². The fourth-order valence-electron chi connectivity index (χ4n) is 0.829. The van der Waals surface area contributed by atoms with Crippen LogP contribution < -0.4 is 0 Å². The molecule has 1 rings (SSSR count). The van der Waals surface area contributed by atoms with Crippen molar-refractivity contribution in [1.82, 2.24) is 9.80 Å². The van der Waals surface area contributed by atoms with Gasteiger partial charge in [0.25, 0.3) is 0 Å². The standard InChI is InChI=1S/C7H10Cl2N2.Ag.HI/c1-5(2)11-4-10(3)6(8)7(11)9;;/h5H,1-3H3;;1H/q;+1;/p-1. The molecule has 0 saturated heterocycles. The first-order valence-corrected chi connectivity index (χ1v) is 8.66. The normalized spacial score (nSPS) is 16.7. The fraction of sp³-hybridized carbons (Fsp3) is 0.571. The van der Waals surface area contributed by atoms with Crippen LogP contribution in [-0.2, 0) is 17.3 Å². The van der Waals surface area contributed by atoms with E-state index >= 15 is 0 Å². The van der Waals surface area contributed by atoms with Crippen molar-refractivity contribution in [3.8, 4) is 0 Å². The maximum absolute atomic E-state index is 5.89. The molecule has 0 bridgehead atoms. The molecule has 80 valence electrons. The minimum atomic E-state index is 0.293. The molecule has 0 aliphatic carbocycles. The summed E-state index contributed by atoms with van der Waals surface area (Å²) in [5.41, 5.74) is 0. The van der Waals surface area contributed by atoms with Crippen LogP contribution in [0.4, 0.5) is 0 Å². The van der Waals surface area contributed by atoms with Gasteiger partial charge >= 0.3 is 36.3 Å². The number of hydrogen-bond acceptors (Lipinski definition) is 2. The summed E-state index contributed by atoms with van der Waals surface area (Å²) in [6.07, 6.45) is 0. The number of hydrogen-bond donors (Lipinski definition) is 0. The fourth-order valence-corrected chi connectivity index (χ4v) is 1.32. The Hall–Kier alpha value is 1.39. The van der Waals surface area contributed by atoms with E-state index in [2.05, 4.69) is 23.9 Å². The number of halogens is 3. The zero-order valence-corrected chi connectivity index (χ0v) is 12.6. The van der Waals surface area contributed by atoms with Gasteiger partial charge in [-0.05, 0) is 13.8 Å². The van der Waals surface area contributed by atoms with Gasteiger partial charge < -0.3 is 9.80 Å². The third kappa shape index (κ3) is 3.80. The third-order valence-corrected chi connectivity index (χ3v) is 2.34. The van der Waals surface area contributed by atoms with Crippen molar-refractivity contribution in [3.63, 3.8) is 0 Å². The van der Waals surface area contributed by atoms with Crippen LogP contribution in [0.3, 0.4) is 0 Å². The second kappa shape index (κ2) is 6.80. The van der Waals surface area contributed by atoms with Crippen molar-refractivity contribution < 1.29 is 17.3 Å². The Morgan fingerprint density at radius 1 is 1.31 bits per heavy atom. The SMILES string of the molecule is CC(C)N1[C]N(C)C(Cl)=C1Cl.[Ag][I]. The van der Waals surface area contributed by atoms with Crippen molar-refractivity contribution in [2.75, 3.05) is 7.05 Å². The van der Waals surface area contributed by atoms with E-state index in [1.807, 2.05) is 39.9 Å². The molecule has 0 unspecified atom stereocenters. The molecule has 0 aromatic rings. The van der Waals surface area contributed by atoms with Crippen LogP contribution >= 0.6 is 42.2 Å². The van der Waals surface area contributed by atoms with Crippen molar-refractivity contribution in [1.29, 1.82) is 0 Å². The summed E-state index contributed by atoms with van der Waals surface area (Å²) in [4.78, 5) is 3.47. The minimum absolute atomic E-state index is 0.293. The van der Waals surface area contributed by atoms with Crippen molar-refractivity contribution in [2.24, 2.45) is 0 Å². The van der Waals surface area contributed by atoms with E-state index in [4.69, 9.17) is 23.2 Å². The Kier molecular flexibility index (Phi) is 7.52. The van der Waals surface area contributed by atoms with Gasteiger partial charge in [0.15, 0.2) is 0 Å². The van der Waals surface area contributed by atoms with Gasteiger partial charge in [0.05, 0.1) is 0 Å². The Bertz CT molecular complexity index is 199. The molecule has 0 aromatic heterocycles. The molecule has 1 heterocycles. The van der Waals surface area contributed by atoms with E-state index in [1.54, 1.807) is 9.80 Å². The monoisotopic (exact) mass is 426 g/mol. The number of nitrogens with zero attached hydrogens (tertiary/aromatic N) is 2. The molecule has 13 heavy (non-hydrogen) atoms. The van der Waals surface area contributed by atoms with Gasteiger partial charge in [0, 0.05) is 13.1 Å². The molecule has 6 heteroatoms. The summed E-state index contributed by atoms with van der Waals surface area (Å²) in [6.45, 7) is 7.03. The summed E-state index contributed by atoms with van der Waals surface area (Å²) in [5.74, 6) is 0. The summed E-state index contributed by atoms with van der Waals surface area (Å²) in [7, 11) is 1.81. The van der Waals surface area contributed by atoms with Gasteiger partial charge in [-0.25, -0.2) is 0 Å². The van der Waals surface area contributed by atoms with E-state index in [-0.39, 0.29) is 0 Å². The first-order valence-electron chi connectivity index (χ1n) is 3.50. The first kappa shape index (κ1) is 14.4. The van der Waals surface area contributed by atoms with Gasteiger partial charge in [0.1, 0.15) is 10.3 Å². The summed E-state index contributed by atoms with van der Waals surface area (Å²) in [6, 6.07) is 0.293. The van der Waals surface area contributed by atoms with E-state index in [0.717, 1.165) is 0 Å². The molecule has 0 N–H and O–H groups in total. The second-order valence-corrected chi connectivity index (χ2v) is 3.42. The van der Waals surface area contributed by atoms with Crippen LogP contribution in [0, 0.1) is 6.67 Å². The molecule has 0 saturated carbocycles. The molecule has 0 atom stereocenters. The Labute approximate surface area is 112 Å². The molecular weight excluding hydrogens is 418 g/mol. The molecular formula is C7H10AgCl2IN2. The Morgan fingerprint density at radius 3 is 1.92 bits per heavy atom. The van der Waals surface area contributed by atoms with Crippen molar-refractivity contribution >= 4 is 42.2 Å². The number of rotatable bonds is 1. The molecule has 0 aromatic carbocycles. The van der Waals surface area contributed by atoms with Crippen LogP contribution in [0.25, 0.3) is 0 Å². The van der Waals surface area contributed by atoms with Crippen molar-refractivity contribution in [3.05, 3.63) is 17.0 Å². The predicted molar refractivity (Wildman–Crippen MR) is 60.7 cm³/mol. The Balaban J connectivity index is 0.000000671. The van der Waals surface area contributed by atoms with E-state index in [0.29, 0.717) is 16.4 Å². The van der Waals surface area contributed by atoms with Gasteiger partial charge in [-0.15, -0.1) is 0 Å². The van der Waals surface area contributed by atoms with E-state index < -0.39 is 0 Å². The van der Waals surface area contributed by atoms with Gasteiger partial charge in [0.2, 0.25) is 6.67 Å². The third-order valence-electron chi connectivity index (χ3n) is 1.45. The molecule has 1 aliphatic heterocycles. The van der Waals surface area contributed by atoms with Crippen LogP contribution in [0.2, 0.25) is 0 Å². The van der Waals surface area contributed by atoms with Crippen LogP contribution in [0.1, 0.15) is 13.8 Å². The summed E-state index contributed by atoms with van der Waals surface area (Å²) < 4.78 is 0. The Morgan fingerprint density at radius 2 is 1.77 bits per heavy atom. The molecule has 0 spiro atoms.